The first-order valence-corrected chi connectivity index (χ1v) is 12.1. The van der Waals surface area contributed by atoms with Gasteiger partial charge in [-0.3, -0.25) is 4.98 Å². The summed E-state index contributed by atoms with van der Waals surface area (Å²) in [6, 6.07) is 37.0. The molecule has 0 radical (unpaired) electrons. The highest BCUT2D eigenvalue weighted by molar-refractivity contribution is 5.77. The van der Waals surface area contributed by atoms with Gasteiger partial charge in [-0.25, -0.2) is 0 Å². The second kappa shape index (κ2) is 9.99. The molecule has 0 bridgehead atoms. The smallest absolute Gasteiger partial charge is 0.0485 e. The molecule has 0 amide bonds. The van der Waals surface area contributed by atoms with Gasteiger partial charge in [0.25, 0.3) is 0 Å². The molecule has 172 valence electrons. The molecule has 5 aromatic rings. The maximum absolute atomic E-state index is 4.22. The molecule has 0 aliphatic rings. The van der Waals surface area contributed by atoms with E-state index in [9.17, 15) is 0 Å². The molecular formula is C33H30N2. The van der Waals surface area contributed by atoms with E-state index in [0.717, 1.165) is 11.3 Å². The lowest BCUT2D eigenvalue weighted by atomic mass is 9.92. The van der Waals surface area contributed by atoms with Gasteiger partial charge in [0.05, 0.1) is 0 Å². The monoisotopic (exact) mass is 454 g/mol. The molecule has 0 aliphatic carbocycles. The summed E-state index contributed by atoms with van der Waals surface area (Å²) < 4.78 is 0. The third kappa shape index (κ3) is 5.02. The van der Waals surface area contributed by atoms with Gasteiger partial charge in [0.1, 0.15) is 0 Å². The average molecular weight is 455 g/mol. The average Bonchev–Trinajstić information content (AvgIpc) is 2.90. The first kappa shape index (κ1) is 22.6. The summed E-state index contributed by atoms with van der Waals surface area (Å²) in [5.41, 5.74) is 12.3. The van der Waals surface area contributed by atoms with Crippen LogP contribution in [0.1, 0.15) is 29.7 Å². The lowest BCUT2D eigenvalue weighted by Gasteiger charge is -2.18. The minimum atomic E-state index is 0.181. The molecule has 0 saturated carbocycles. The second-order valence-corrected chi connectivity index (χ2v) is 9.16. The van der Waals surface area contributed by atoms with E-state index in [1.807, 2.05) is 12.3 Å². The van der Waals surface area contributed by atoms with Gasteiger partial charge in [-0.05, 0) is 101 Å². The van der Waals surface area contributed by atoms with Crippen molar-refractivity contribution < 1.29 is 0 Å². The van der Waals surface area contributed by atoms with Crippen LogP contribution in [0.2, 0.25) is 0 Å². The molecule has 0 saturated heterocycles. The van der Waals surface area contributed by atoms with Gasteiger partial charge in [0.2, 0.25) is 0 Å². The first-order valence-electron chi connectivity index (χ1n) is 12.1. The van der Waals surface area contributed by atoms with E-state index in [1.165, 1.54) is 44.5 Å². The number of nitrogens with one attached hydrogen (secondary N) is 1. The van der Waals surface area contributed by atoms with Crippen LogP contribution in [0.5, 0.6) is 0 Å². The molecule has 0 spiro atoms. The fourth-order valence-corrected chi connectivity index (χ4v) is 4.58. The Hall–Kier alpha value is -4.17. The highest BCUT2D eigenvalue weighted by Gasteiger charge is 2.10. The molecule has 0 aliphatic heterocycles. The molecule has 1 unspecified atom stereocenters. The number of benzene rings is 4. The van der Waals surface area contributed by atoms with Gasteiger partial charge in [0, 0.05) is 24.1 Å². The molecule has 1 aromatic heterocycles. The van der Waals surface area contributed by atoms with E-state index < -0.39 is 0 Å². The van der Waals surface area contributed by atoms with Crippen LogP contribution < -0.4 is 5.32 Å². The molecule has 1 atom stereocenters. The Morgan fingerprint density at radius 3 is 2.09 bits per heavy atom. The Balaban J connectivity index is 1.37. The number of aryl methyl sites for hydroxylation is 2. The third-order valence-electron chi connectivity index (χ3n) is 6.66. The van der Waals surface area contributed by atoms with E-state index in [0.29, 0.717) is 0 Å². The summed E-state index contributed by atoms with van der Waals surface area (Å²) in [7, 11) is 0. The van der Waals surface area contributed by atoms with Crippen LogP contribution in [0, 0.1) is 13.8 Å². The predicted molar refractivity (Wildman–Crippen MR) is 148 cm³/mol. The van der Waals surface area contributed by atoms with Crippen LogP contribution in [0.25, 0.3) is 33.4 Å². The number of rotatable bonds is 6. The number of pyridine rings is 1. The number of nitrogens with zero attached hydrogens (tertiary/aromatic N) is 1. The lowest BCUT2D eigenvalue weighted by Crippen LogP contribution is -2.06. The van der Waals surface area contributed by atoms with Crippen molar-refractivity contribution in [1.29, 1.82) is 0 Å². The molecule has 2 heteroatoms. The SMILES string of the molecule is Cc1ccccc1-c1cc(-c2cccc(C(C)Nc3ccc(-c4cccnc4)cc3)c2)ccc1C. The second-order valence-electron chi connectivity index (χ2n) is 9.16. The Labute approximate surface area is 208 Å². The van der Waals surface area contributed by atoms with Crippen molar-refractivity contribution in [3.05, 3.63) is 132 Å². The first-order chi connectivity index (χ1) is 17.1. The van der Waals surface area contributed by atoms with Crippen LogP contribution >= 0.6 is 0 Å². The fraction of sp³-hybridized carbons (Fsp3) is 0.121. The summed E-state index contributed by atoms with van der Waals surface area (Å²) in [6.45, 7) is 6.58. The molecule has 1 N–H and O–H groups in total. The van der Waals surface area contributed by atoms with Gasteiger partial charge < -0.3 is 5.32 Å². The van der Waals surface area contributed by atoms with Crippen molar-refractivity contribution in [3.8, 4) is 33.4 Å². The highest BCUT2D eigenvalue weighted by Crippen LogP contribution is 2.32. The van der Waals surface area contributed by atoms with Crippen molar-refractivity contribution in [2.75, 3.05) is 5.32 Å². The van der Waals surface area contributed by atoms with E-state index in [2.05, 4.69) is 128 Å². The van der Waals surface area contributed by atoms with E-state index in [1.54, 1.807) is 6.20 Å². The van der Waals surface area contributed by atoms with Crippen molar-refractivity contribution in [1.82, 2.24) is 4.98 Å². The maximum atomic E-state index is 4.22. The molecule has 5 rings (SSSR count). The zero-order chi connectivity index (χ0) is 24.2. The van der Waals surface area contributed by atoms with Crippen LogP contribution in [0.4, 0.5) is 5.69 Å². The van der Waals surface area contributed by atoms with Crippen molar-refractivity contribution in [2.45, 2.75) is 26.8 Å². The summed E-state index contributed by atoms with van der Waals surface area (Å²) in [4.78, 5) is 4.22. The third-order valence-corrected chi connectivity index (χ3v) is 6.66. The van der Waals surface area contributed by atoms with Crippen LogP contribution in [0.3, 0.4) is 0 Å². The zero-order valence-electron chi connectivity index (χ0n) is 20.5. The minimum absolute atomic E-state index is 0.181. The lowest BCUT2D eigenvalue weighted by molar-refractivity contribution is 0.885. The fourth-order valence-electron chi connectivity index (χ4n) is 4.58. The molecule has 35 heavy (non-hydrogen) atoms. The zero-order valence-corrected chi connectivity index (χ0v) is 20.5. The van der Waals surface area contributed by atoms with E-state index in [-0.39, 0.29) is 6.04 Å². The Morgan fingerprint density at radius 2 is 1.31 bits per heavy atom. The summed E-state index contributed by atoms with van der Waals surface area (Å²) in [5, 5.41) is 3.65. The van der Waals surface area contributed by atoms with Gasteiger partial charge in [-0.2, -0.15) is 0 Å². The molecule has 2 nitrogen and oxygen atoms in total. The standard InChI is InChI=1S/C33H30N2/c1-23-8-4-5-12-32(23)33-21-29(14-13-24(33)2)28-10-6-9-27(20-28)25(3)35-31-17-15-26(16-18-31)30-11-7-19-34-22-30/h4-22,25,35H,1-3H3. The van der Waals surface area contributed by atoms with Gasteiger partial charge in [0.15, 0.2) is 0 Å². The molecule has 0 fully saturated rings. The minimum Gasteiger partial charge on any atom is -0.379 e. The van der Waals surface area contributed by atoms with E-state index in [4.69, 9.17) is 0 Å². The highest BCUT2D eigenvalue weighted by atomic mass is 14.9. The quantitative estimate of drug-likeness (QED) is 0.277. The number of hydrogen-bond donors (Lipinski definition) is 1. The predicted octanol–water partition coefficient (Wildman–Crippen LogP) is 8.87. The van der Waals surface area contributed by atoms with Crippen LogP contribution in [-0.2, 0) is 0 Å². The molecule has 1 heterocycles. The van der Waals surface area contributed by atoms with Gasteiger partial charge in [-0.1, -0.05) is 72.8 Å². The molecular weight excluding hydrogens is 424 g/mol. The Bertz CT molecular complexity index is 1440. The molecule has 4 aromatic carbocycles. The van der Waals surface area contributed by atoms with Crippen molar-refractivity contribution in [2.24, 2.45) is 0 Å². The maximum Gasteiger partial charge on any atom is 0.0485 e. The van der Waals surface area contributed by atoms with Gasteiger partial charge in [-0.15, -0.1) is 0 Å². The van der Waals surface area contributed by atoms with E-state index >= 15 is 0 Å². The topological polar surface area (TPSA) is 24.9 Å². The van der Waals surface area contributed by atoms with Gasteiger partial charge >= 0.3 is 0 Å². The normalized spacial score (nSPS) is 11.7. The number of hydrogen-bond acceptors (Lipinski definition) is 2. The van der Waals surface area contributed by atoms with Crippen molar-refractivity contribution in [3.63, 3.8) is 0 Å². The van der Waals surface area contributed by atoms with Crippen molar-refractivity contribution >= 4 is 5.69 Å². The summed E-state index contributed by atoms with van der Waals surface area (Å²) in [5.74, 6) is 0. The Kier molecular flexibility index (Phi) is 6.45. The largest absolute Gasteiger partial charge is 0.379 e. The van der Waals surface area contributed by atoms with Crippen LogP contribution in [0.15, 0.2) is 116 Å². The Morgan fingerprint density at radius 1 is 0.600 bits per heavy atom. The number of aromatic nitrogens is 1. The summed E-state index contributed by atoms with van der Waals surface area (Å²) >= 11 is 0. The summed E-state index contributed by atoms with van der Waals surface area (Å²) in [6.07, 6.45) is 3.70. The van der Waals surface area contributed by atoms with Crippen LogP contribution in [-0.4, -0.2) is 4.98 Å². The number of anilines is 1.